The maximum Gasteiger partial charge on any atom is 0.251 e. The van der Waals surface area contributed by atoms with Crippen molar-refractivity contribution < 1.29 is 14.0 Å². The third-order valence-electron chi connectivity index (χ3n) is 3.72. The minimum Gasteiger partial charge on any atom is -0.350 e. The van der Waals surface area contributed by atoms with Crippen molar-refractivity contribution in [3.05, 3.63) is 68.8 Å². The van der Waals surface area contributed by atoms with Crippen LogP contribution in [0.2, 0.25) is 0 Å². The maximum absolute atomic E-state index is 12.9. The predicted molar refractivity (Wildman–Crippen MR) is 98.9 cm³/mol. The molecular formula is C18H19BrFN3O3. The van der Waals surface area contributed by atoms with Gasteiger partial charge >= 0.3 is 0 Å². The second kappa shape index (κ2) is 9.28. The van der Waals surface area contributed by atoms with Gasteiger partial charge in [-0.1, -0.05) is 12.1 Å². The third-order valence-corrected chi connectivity index (χ3v) is 4.19. The first kappa shape index (κ1) is 19.8. The number of likely N-dealkylation sites (N-methyl/N-ethyl adjacent to an activating group) is 1. The number of rotatable bonds is 7. The molecule has 0 aliphatic carbocycles. The molecule has 0 spiro atoms. The minimum atomic E-state index is -0.342. The van der Waals surface area contributed by atoms with Crippen molar-refractivity contribution in [3.8, 4) is 0 Å². The Kier molecular flexibility index (Phi) is 7.08. The smallest absolute Gasteiger partial charge is 0.251 e. The molecule has 1 aromatic carbocycles. The average molecular weight is 424 g/mol. The fraction of sp³-hybridized carbons (Fsp3) is 0.278. The molecule has 0 saturated heterocycles. The second-order valence-corrected chi connectivity index (χ2v) is 6.54. The van der Waals surface area contributed by atoms with Crippen LogP contribution in [0.15, 0.2) is 51.9 Å². The topological polar surface area (TPSA) is 71.4 Å². The third kappa shape index (κ3) is 5.80. The molecular weight excluding hydrogens is 405 g/mol. The number of halogens is 2. The van der Waals surface area contributed by atoms with Crippen molar-refractivity contribution in [2.75, 3.05) is 13.1 Å². The van der Waals surface area contributed by atoms with Crippen molar-refractivity contribution in [1.29, 1.82) is 0 Å². The molecule has 26 heavy (non-hydrogen) atoms. The molecule has 8 heteroatoms. The SMILES string of the molecule is CCN(CC(=O)NCc1ccc(F)cc1)C(=O)Cn1cc(Br)ccc1=O. The number of nitrogens with one attached hydrogen (secondary N) is 1. The summed E-state index contributed by atoms with van der Waals surface area (Å²) in [5, 5.41) is 2.69. The molecule has 6 nitrogen and oxygen atoms in total. The van der Waals surface area contributed by atoms with E-state index >= 15 is 0 Å². The molecule has 0 bridgehead atoms. The molecule has 138 valence electrons. The fourth-order valence-corrected chi connectivity index (χ4v) is 2.66. The van der Waals surface area contributed by atoms with E-state index < -0.39 is 0 Å². The van der Waals surface area contributed by atoms with Crippen LogP contribution in [0.1, 0.15) is 12.5 Å². The predicted octanol–water partition coefficient (Wildman–Crippen LogP) is 1.91. The lowest BCUT2D eigenvalue weighted by atomic mass is 10.2. The zero-order chi connectivity index (χ0) is 19.1. The van der Waals surface area contributed by atoms with Crippen LogP contribution in [-0.4, -0.2) is 34.4 Å². The van der Waals surface area contributed by atoms with Crippen molar-refractivity contribution >= 4 is 27.7 Å². The largest absolute Gasteiger partial charge is 0.350 e. The molecule has 0 saturated carbocycles. The monoisotopic (exact) mass is 423 g/mol. The van der Waals surface area contributed by atoms with Crippen LogP contribution in [0.25, 0.3) is 0 Å². The van der Waals surface area contributed by atoms with E-state index in [-0.39, 0.29) is 42.8 Å². The summed E-state index contributed by atoms with van der Waals surface area (Å²) in [6.45, 7) is 2.09. The number of hydrogen-bond donors (Lipinski definition) is 1. The summed E-state index contributed by atoms with van der Waals surface area (Å²) in [4.78, 5) is 37.6. The second-order valence-electron chi connectivity index (χ2n) is 5.62. The van der Waals surface area contributed by atoms with Crippen LogP contribution in [0.5, 0.6) is 0 Å². The van der Waals surface area contributed by atoms with Gasteiger partial charge in [0.1, 0.15) is 12.4 Å². The van der Waals surface area contributed by atoms with Gasteiger partial charge in [-0.3, -0.25) is 14.4 Å². The maximum atomic E-state index is 12.9. The molecule has 2 rings (SSSR count). The molecule has 2 amide bonds. The molecule has 1 heterocycles. The van der Waals surface area contributed by atoms with Gasteiger partial charge in [-0.2, -0.15) is 0 Å². The lowest BCUT2D eigenvalue weighted by Crippen LogP contribution is -2.42. The molecule has 1 N–H and O–H groups in total. The van der Waals surface area contributed by atoms with Crippen LogP contribution in [0, 0.1) is 5.82 Å². The lowest BCUT2D eigenvalue weighted by Gasteiger charge is -2.21. The Labute approximate surface area is 158 Å². The Balaban J connectivity index is 1.91. The van der Waals surface area contributed by atoms with E-state index in [1.54, 1.807) is 25.1 Å². The summed E-state index contributed by atoms with van der Waals surface area (Å²) in [6.07, 6.45) is 1.53. The first-order valence-electron chi connectivity index (χ1n) is 8.04. The lowest BCUT2D eigenvalue weighted by molar-refractivity contribution is -0.136. The van der Waals surface area contributed by atoms with E-state index in [0.717, 1.165) is 5.56 Å². The summed E-state index contributed by atoms with van der Waals surface area (Å²) in [5.41, 5.74) is 0.466. The molecule has 2 aromatic rings. The van der Waals surface area contributed by atoms with Gasteiger partial charge in [0.25, 0.3) is 5.56 Å². The Hall–Kier alpha value is -2.48. The summed E-state index contributed by atoms with van der Waals surface area (Å²) in [7, 11) is 0. The van der Waals surface area contributed by atoms with E-state index in [9.17, 15) is 18.8 Å². The number of benzene rings is 1. The van der Waals surface area contributed by atoms with E-state index in [0.29, 0.717) is 11.0 Å². The first-order chi connectivity index (χ1) is 12.4. The number of nitrogens with zero attached hydrogens (tertiary/aromatic N) is 2. The number of aromatic nitrogens is 1. The van der Waals surface area contributed by atoms with Gasteiger partial charge in [0.15, 0.2) is 0 Å². The highest BCUT2D eigenvalue weighted by Gasteiger charge is 2.16. The van der Waals surface area contributed by atoms with Gasteiger partial charge in [-0.25, -0.2) is 4.39 Å². The zero-order valence-corrected chi connectivity index (χ0v) is 15.8. The van der Waals surface area contributed by atoms with Crippen LogP contribution in [0.4, 0.5) is 4.39 Å². The highest BCUT2D eigenvalue weighted by molar-refractivity contribution is 9.10. The first-order valence-corrected chi connectivity index (χ1v) is 8.83. The molecule has 0 unspecified atom stereocenters. The van der Waals surface area contributed by atoms with Crippen molar-refractivity contribution in [2.24, 2.45) is 0 Å². The van der Waals surface area contributed by atoms with Gasteiger partial charge in [0, 0.05) is 29.8 Å². The number of amides is 2. The fourth-order valence-electron chi connectivity index (χ4n) is 2.28. The van der Waals surface area contributed by atoms with Crippen molar-refractivity contribution in [3.63, 3.8) is 0 Å². The summed E-state index contributed by atoms with van der Waals surface area (Å²) in [5.74, 6) is -0.999. The van der Waals surface area contributed by atoms with Crippen LogP contribution < -0.4 is 10.9 Å². The highest BCUT2D eigenvalue weighted by Crippen LogP contribution is 2.05. The number of carbonyl (C=O) groups excluding carboxylic acids is 2. The highest BCUT2D eigenvalue weighted by atomic mass is 79.9. The van der Waals surface area contributed by atoms with Crippen LogP contribution in [-0.2, 0) is 22.7 Å². The van der Waals surface area contributed by atoms with Gasteiger partial charge in [-0.05, 0) is 46.6 Å². The minimum absolute atomic E-state index is 0.112. The molecule has 0 fully saturated rings. The molecule has 0 atom stereocenters. The van der Waals surface area contributed by atoms with Gasteiger partial charge in [0.05, 0.1) is 6.54 Å². The molecule has 0 aliphatic rings. The standard InChI is InChI=1S/C18H19BrFN3O3/c1-2-22(18(26)12-23-10-14(19)5-8-17(23)25)11-16(24)21-9-13-3-6-15(20)7-4-13/h3-8,10H,2,9,11-12H2,1H3,(H,21,24). The van der Waals surface area contributed by atoms with Gasteiger partial charge < -0.3 is 14.8 Å². The van der Waals surface area contributed by atoms with E-state index in [2.05, 4.69) is 21.2 Å². The summed E-state index contributed by atoms with van der Waals surface area (Å²) >= 11 is 3.26. The van der Waals surface area contributed by atoms with E-state index in [1.807, 2.05) is 0 Å². The number of carbonyl (C=O) groups is 2. The van der Waals surface area contributed by atoms with Crippen LogP contribution >= 0.6 is 15.9 Å². The zero-order valence-electron chi connectivity index (χ0n) is 14.2. The normalized spacial score (nSPS) is 10.4. The Morgan fingerprint density at radius 2 is 1.88 bits per heavy atom. The number of hydrogen-bond acceptors (Lipinski definition) is 3. The van der Waals surface area contributed by atoms with Gasteiger partial charge in [-0.15, -0.1) is 0 Å². The number of pyridine rings is 1. The van der Waals surface area contributed by atoms with Crippen molar-refractivity contribution in [2.45, 2.75) is 20.0 Å². The van der Waals surface area contributed by atoms with Crippen molar-refractivity contribution in [1.82, 2.24) is 14.8 Å². The van der Waals surface area contributed by atoms with E-state index in [4.69, 9.17) is 0 Å². The quantitative estimate of drug-likeness (QED) is 0.739. The molecule has 0 aliphatic heterocycles. The van der Waals surface area contributed by atoms with Crippen LogP contribution in [0.3, 0.4) is 0 Å². The van der Waals surface area contributed by atoms with Gasteiger partial charge in [0.2, 0.25) is 11.8 Å². The summed E-state index contributed by atoms with van der Waals surface area (Å²) in [6, 6.07) is 8.76. The Bertz CT molecular complexity index is 836. The summed E-state index contributed by atoms with van der Waals surface area (Å²) < 4.78 is 14.8. The average Bonchev–Trinajstić information content (AvgIpc) is 2.62. The Morgan fingerprint density at radius 3 is 2.54 bits per heavy atom. The molecule has 0 radical (unpaired) electrons. The Morgan fingerprint density at radius 1 is 1.19 bits per heavy atom. The van der Waals surface area contributed by atoms with E-state index in [1.165, 1.54) is 33.9 Å². The molecule has 1 aromatic heterocycles.